The zero-order chi connectivity index (χ0) is 13.3. The maximum absolute atomic E-state index is 11.3. The van der Waals surface area contributed by atoms with Gasteiger partial charge >= 0.3 is 0 Å². The Morgan fingerprint density at radius 1 is 1.44 bits per heavy atom. The predicted molar refractivity (Wildman–Crippen MR) is 66.8 cm³/mol. The van der Waals surface area contributed by atoms with Crippen LogP contribution in [0.3, 0.4) is 0 Å². The first-order valence-corrected chi connectivity index (χ1v) is 6.01. The summed E-state index contributed by atoms with van der Waals surface area (Å²) in [5.41, 5.74) is 5.23. The Balaban J connectivity index is 2.25. The number of hydrogen-bond donors (Lipinski definition) is 1. The molecule has 1 aliphatic carbocycles. The predicted octanol–water partition coefficient (Wildman–Crippen LogP) is 1.90. The Morgan fingerprint density at radius 2 is 2.11 bits per heavy atom. The molecule has 0 radical (unpaired) electrons. The van der Waals surface area contributed by atoms with Gasteiger partial charge in [-0.15, -0.1) is 0 Å². The van der Waals surface area contributed by atoms with Crippen LogP contribution in [0.25, 0.3) is 0 Å². The maximum Gasteiger partial charge on any atom is 0.254 e. The Hall–Kier alpha value is -1.78. The van der Waals surface area contributed by atoms with E-state index in [4.69, 9.17) is 15.2 Å². The molecule has 1 aromatic rings. The average Bonchev–Trinajstić information content (AvgIpc) is 2.98. The fourth-order valence-electron chi connectivity index (χ4n) is 1.44. The van der Waals surface area contributed by atoms with E-state index in [2.05, 4.69) is 4.98 Å². The SMILES string of the molecule is CC(C)(C)Oc1cc(OC2CC2)c(C(N)=O)cn1. The maximum atomic E-state index is 11.3. The molecule has 0 aliphatic heterocycles. The van der Waals surface area contributed by atoms with Crippen molar-refractivity contribution in [1.82, 2.24) is 4.98 Å². The number of nitrogens with two attached hydrogens (primary N) is 1. The van der Waals surface area contributed by atoms with Gasteiger partial charge < -0.3 is 15.2 Å². The lowest BCUT2D eigenvalue weighted by atomic mass is 10.2. The lowest BCUT2D eigenvalue weighted by molar-refractivity contribution is 0.0994. The fourth-order valence-corrected chi connectivity index (χ4v) is 1.44. The zero-order valence-corrected chi connectivity index (χ0v) is 10.9. The first kappa shape index (κ1) is 12.7. The van der Waals surface area contributed by atoms with E-state index in [1.165, 1.54) is 6.20 Å². The summed E-state index contributed by atoms with van der Waals surface area (Å²) in [4.78, 5) is 15.4. The second-order valence-corrected chi connectivity index (χ2v) is 5.41. The number of rotatable bonds is 4. The van der Waals surface area contributed by atoms with Crippen molar-refractivity contribution >= 4 is 5.91 Å². The topological polar surface area (TPSA) is 74.4 Å². The normalized spacial score (nSPS) is 15.3. The van der Waals surface area contributed by atoms with Gasteiger partial charge in [0.25, 0.3) is 5.91 Å². The summed E-state index contributed by atoms with van der Waals surface area (Å²) < 4.78 is 11.3. The molecule has 2 rings (SSSR count). The molecule has 1 fully saturated rings. The summed E-state index contributed by atoms with van der Waals surface area (Å²) >= 11 is 0. The van der Waals surface area contributed by atoms with Crippen LogP contribution in [0.4, 0.5) is 0 Å². The molecule has 0 unspecified atom stereocenters. The number of pyridine rings is 1. The number of amides is 1. The Bertz CT molecular complexity index is 462. The van der Waals surface area contributed by atoms with E-state index in [-0.39, 0.29) is 11.7 Å². The standard InChI is InChI=1S/C13H18N2O3/c1-13(2,3)18-11-6-10(17-8-4-5-8)9(7-15-11)12(14)16/h6-8H,4-5H2,1-3H3,(H2,14,16). The van der Waals surface area contributed by atoms with Crippen molar-refractivity contribution in [3.63, 3.8) is 0 Å². The molecule has 5 nitrogen and oxygen atoms in total. The molecule has 1 amide bonds. The van der Waals surface area contributed by atoms with Crippen LogP contribution in [0.5, 0.6) is 11.6 Å². The van der Waals surface area contributed by atoms with Crippen LogP contribution in [0, 0.1) is 0 Å². The van der Waals surface area contributed by atoms with Crippen molar-refractivity contribution in [2.45, 2.75) is 45.3 Å². The van der Waals surface area contributed by atoms with Gasteiger partial charge in [0.05, 0.1) is 11.7 Å². The first-order valence-electron chi connectivity index (χ1n) is 6.01. The van der Waals surface area contributed by atoms with Gasteiger partial charge in [-0.05, 0) is 33.6 Å². The van der Waals surface area contributed by atoms with E-state index in [0.29, 0.717) is 17.2 Å². The van der Waals surface area contributed by atoms with E-state index >= 15 is 0 Å². The summed E-state index contributed by atoms with van der Waals surface area (Å²) in [6.07, 6.45) is 3.61. The molecule has 2 N–H and O–H groups in total. The van der Waals surface area contributed by atoms with Crippen molar-refractivity contribution in [2.24, 2.45) is 5.73 Å². The molecule has 0 saturated heterocycles. The van der Waals surface area contributed by atoms with Gasteiger partial charge in [0.15, 0.2) is 0 Å². The van der Waals surface area contributed by atoms with E-state index < -0.39 is 5.91 Å². The summed E-state index contributed by atoms with van der Waals surface area (Å²) in [5.74, 6) is 0.350. The molecule has 98 valence electrons. The number of ether oxygens (including phenoxy) is 2. The van der Waals surface area contributed by atoms with E-state index in [9.17, 15) is 4.79 Å². The van der Waals surface area contributed by atoms with Gasteiger partial charge in [0.2, 0.25) is 5.88 Å². The molecule has 0 aromatic carbocycles. The third-order valence-corrected chi connectivity index (χ3v) is 2.34. The average molecular weight is 250 g/mol. The van der Waals surface area contributed by atoms with E-state index in [1.807, 2.05) is 20.8 Å². The van der Waals surface area contributed by atoms with Crippen molar-refractivity contribution in [3.05, 3.63) is 17.8 Å². The molecule has 0 spiro atoms. The van der Waals surface area contributed by atoms with Gasteiger partial charge in [-0.2, -0.15) is 0 Å². The smallest absolute Gasteiger partial charge is 0.254 e. The Labute approximate surface area is 106 Å². The highest BCUT2D eigenvalue weighted by atomic mass is 16.5. The minimum Gasteiger partial charge on any atom is -0.489 e. The number of carbonyl (C=O) groups is 1. The number of nitrogens with zero attached hydrogens (tertiary/aromatic N) is 1. The van der Waals surface area contributed by atoms with E-state index in [0.717, 1.165) is 12.8 Å². The lowest BCUT2D eigenvalue weighted by Crippen LogP contribution is -2.24. The van der Waals surface area contributed by atoms with Gasteiger partial charge in [0, 0.05) is 12.3 Å². The van der Waals surface area contributed by atoms with Crippen LogP contribution in [-0.4, -0.2) is 22.6 Å². The molecular weight excluding hydrogens is 232 g/mol. The van der Waals surface area contributed by atoms with Gasteiger partial charge in [-0.1, -0.05) is 0 Å². The number of primary amides is 1. The fraction of sp³-hybridized carbons (Fsp3) is 0.538. The molecule has 0 atom stereocenters. The molecule has 18 heavy (non-hydrogen) atoms. The molecule has 1 aromatic heterocycles. The van der Waals surface area contributed by atoms with Crippen molar-refractivity contribution in [1.29, 1.82) is 0 Å². The van der Waals surface area contributed by atoms with Crippen LogP contribution >= 0.6 is 0 Å². The van der Waals surface area contributed by atoms with Crippen LogP contribution in [0.1, 0.15) is 44.0 Å². The third kappa shape index (κ3) is 3.35. The highest BCUT2D eigenvalue weighted by Gasteiger charge is 2.26. The van der Waals surface area contributed by atoms with Crippen LogP contribution < -0.4 is 15.2 Å². The van der Waals surface area contributed by atoms with Gasteiger partial charge in [0.1, 0.15) is 11.4 Å². The lowest BCUT2D eigenvalue weighted by Gasteiger charge is -2.21. The summed E-state index contributed by atoms with van der Waals surface area (Å²) in [6.45, 7) is 5.79. The third-order valence-electron chi connectivity index (χ3n) is 2.34. The minimum atomic E-state index is -0.541. The Morgan fingerprint density at radius 3 is 2.61 bits per heavy atom. The van der Waals surface area contributed by atoms with Crippen LogP contribution in [0.15, 0.2) is 12.3 Å². The highest BCUT2D eigenvalue weighted by Crippen LogP contribution is 2.31. The largest absolute Gasteiger partial charge is 0.489 e. The number of carbonyl (C=O) groups excluding carboxylic acids is 1. The van der Waals surface area contributed by atoms with Crippen molar-refractivity contribution in [2.75, 3.05) is 0 Å². The number of hydrogen-bond acceptors (Lipinski definition) is 4. The van der Waals surface area contributed by atoms with Gasteiger partial charge in [-0.3, -0.25) is 4.79 Å². The second-order valence-electron chi connectivity index (χ2n) is 5.41. The molecular formula is C13H18N2O3. The molecule has 1 saturated carbocycles. The highest BCUT2D eigenvalue weighted by molar-refractivity contribution is 5.95. The van der Waals surface area contributed by atoms with E-state index in [1.54, 1.807) is 6.07 Å². The zero-order valence-electron chi connectivity index (χ0n) is 10.9. The van der Waals surface area contributed by atoms with Crippen molar-refractivity contribution < 1.29 is 14.3 Å². The first-order chi connectivity index (χ1) is 8.35. The van der Waals surface area contributed by atoms with Crippen LogP contribution in [0.2, 0.25) is 0 Å². The molecule has 5 heteroatoms. The summed E-state index contributed by atoms with van der Waals surface area (Å²) in [6, 6.07) is 1.63. The van der Waals surface area contributed by atoms with Crippen LogP contribution in [-0.2, 0) is 0 Å². The monoisotopic (exact) mass is 250 g/mol. The van der Waals surface area contributed by atoms with Gasteiger partial charge in [-0.25, -0.2) is 4.98 Å². The second kappa shape index (κ2) is 4.48. The molecule has 1 heterocycles. The summed E-state index contributed by atoms with van der Waals surface area (Å²) in [5, 5.41) is 0. The van der Waals surface area contributed by atoms with Crippen molar-refractivity contribution in [3.8, 4) is 11.6 Å². The number of aromatic nitrogens is 1. The summed E-state index contributed by atoms with van der Waals surface area (Å²) in [7, 11) is 0. The molecule has 1 aliphatic rings. The quantitative estimate of drug-likeness (QED) is 0.885. The minimum absolute atomic E-state index is 0.188. The molecule has 0 bridgehead atoms. The Kier molecular flexibility index (Phi) is 3.15.